The maximum absolute atomic E-state index is 11.9. The molecule has 0 aliphatic carbocycles. The lowest BCUT2D eigenvalue weighted by Gasteiger charge is -2.11. The minimum Gasteiger partial charge on any atom is -0.380 e. The van der Waals surface area contributed by atoms with Crippen LogP contribution in [0.5, 0.6) is 0 Å². The van der Waals surface area contributed by atoms with E-state index in [-0.39, 0.29) is 18.5 Å². The lowest BCUT2D eigenvalue weighted by atomic mass is 10.1. The van der Waals surface area contributed by atoms with Gasteiger partial charge >= 0.3 is 6.03 Å². The van der Waals surface area contributed by atoms with Crippen molar-refractivity contribution in [3.05, 3.63) is 70.8 Å². The van der Waals surface area contributed by atoms with E-state index in [1.54, 1.807) is 7.11 Å². The molecule has 3 amide bonds. The summed E-state index contributed by atoms with van der Waals surface area (Å²) in [5.74, 6) is -0.247. The molecular formula is C20H25N3O3. The van der Waals surface area contributed by atoms with Crippen LogP contribution in [-0.4, -0.2) is 25.6 Å². The van der Waals surface area contributed by atoms with Crippen LogP contribution in [-0.2, 0) is 29.2 Å². The number of amides is 3. The monoisotopic (exact) mass is 355 g/mol. The van der Waals surface area contributed by atoms with Gasteiger partial charge in [-0.3, -0.25) is 4.79 Å². The highest BCUT2D eigenvalue weighted by molar-refractivity contribution is 5.83. The number of rotatable bonds is 8. The third-order valence-electron chi connectivity index (χ3n) is 3.88. The van der Waals surface area contributed by atoms with E-state index in [0.29, 0.717) is 19.7 Å². The number of carbonyl (C=O) groups excluding carboxylic acids is 2. The number of urea groups is 1. The molecule has 6 heteroatoms. The Hall–Kier alpha value is -2.86. The molecule has 6 nitrogen and oxygen atoms in total. The molecule has 0 atom stereocenters. The van der Waals surface area contributed by atoms with Gasteiger partial charge in [0.15, 0.2) is 0 Å². The Labute approximate surface area is 153 Å². The van der Waals surface area contributed by atoms with E-state index in [1.807, 2.05) is 55.5 Å². The maximum atomic E-state index is 11.9. The van der Waals surface area contributed by atoms with Gasteiger partial charge in [0, 0.05) is 20.2 Å². The number of benzene rings is 2. The first kappa shape index (κ1) is 19.5. The third kappa shape index (κ3) is 6.57. The minimum atomic E-state index is -0.375. The summed E-state index contributed by atoms with van der Waals surface area (Å²) >= 11 is 0. The highest BCUT2D eigenvalue weighted by atomic mass is 16.5. The van der Waals surface area contributed by atoms with Gasteiger partial charge in [-0.2, -0.15) is 0 Å². The molecule has 3 N–H and O–H groups in total. The van der Waals surface area contributed by atoms with Crippen molar-refractivity contribution in [2.24, 2.45) is 0 Å². The second-order valence-corrected chi connectivity index (χ2v) is 6.00. The third-order valence-corrected chi connectivity index (χ3v) is 3.88. The lowest BCUT2D eigenvalue weighted by molar-refractivity contribution is -0.120. The molecule has 26 heavy (non-hydrogen) atoms. The highest BCUT2D eigenvalue weighted by Crippen LogP contribution is 2.09. The van der Waals surface area contributed by atoms with Gasteiger partial charge in [-0.1, -0.05) is 54.1 Å². The molecule has 0 saturated carbocycles. The van der Waals surface area contributed by atoms with E-state index < -0.39 is 0 Å². The Kier molecular flexibility index (Phi) is 7.64. The van der Waals surface area contributed by atoms with Crippen LogP contribution < -0.4 is 16.0 Å². The van der Waals surface area contributed by atoms with Gasteiger partial charge in [0.25, 0.3) is 0 Å². The maximum Gasteiger partial charge on any atom is 0.315 e. The van der Waals surface area contributed by atoms with E-state index in [9.17, 15) is 9.59 Å². The van der Waals surface area contributed by atoms with Crippen molar-refractivity contribution < 1.29 is 14.3 Å². The quantitative estimate of drug-likeness (QED) is 0.679. The summed E-state index contributed by atoms with van der Waals surface area (Å²) in [6.45, 7) is 3.23. The fourth-order valence-corrected chi connectivity index (χ4v) is 2.39. The number of nitrogens with one attached hydrogen (secondary N) is 3. The van der Waals surface area contributed by atoms with Crippen molar-refractivity contribution in [1.29, 1.82) is 0 Å². The van der Waals surface area contributed by atoms with Crippen LogP contribution in [0.4, 0.5) is 4.79 Å². The lowest BCUT2D eigenvalue weighted by Crippen LogP contribution is -2.41. The molecule has 0 aliphatic rings. The summed E-state index contributed by atoms with van der Waals surface area (Å²) in [5.41, 5.74) is 4.19. The molecule has 0 bridgehead atoms. The second kappa shape index (κ2) is 10.2. The number of hydrogen-bond acceptors (Lipinski definition) is 3. The summed E-state index contributed by atoms with van der Waals surface area (Å²) in [4.78, 5) is 23.7. The predicted molar refractivity (Wildman–Crippen MR) is 100 cm³/mol. The Morgan fingerprint density at radius 3 is 2.27 bits per heavy atom. The van der Waals surface area contributed by atoms with E-state index in [2.05, 4.69) is 16.0 Å². The molecule has 138 valence electrons. The molecule has 0 fully saturated rings. The van der Waals surface area contributed by atoms with Crippen LogP contribution in [0.25, 0.3) is 0 Å². The zero-order valence-electron chi connectivity index (χ0n) is 15.2. The first-order valence-corrected chi connectivity index (χ1v) is 8.48. The predicted octanol–water partition coefficient (Wildman–Crippen LogP) is 2.26. The number of hydrogen-bond donors (Lipinski definition) is 3. The SMILES string of the molecule is COCc1ccccc1CNC(=O)CNC(=O)NCc1ccc(C)cc1. The first-order valence-electron chi connectivity index (χ1n) is 8.48. The van der Waals surface area contributed by atoms with Gasteiger partial charge in [-0.25, -0.2) is 4.79 Å². The van der Waals surface area contributed by atoms with E-state index >= 15 is 0 Å². The first-order chi connectivity index (χ1) is 12.6. The molecular weight excluding hydrogens is 330 g/mol. The number of carbonyl (C=O) groups is 2. The zero-order chi connectivity index (χ0) is 18.8. The molecule has 0 spiro atoms. The van der Waals surface area contributed by atoms with Crippen molar-refractivity contribution >= 4 is 11.9 Å². The highest BCUT2D eigenvalue weighted by Gasteiger charge is 2.07. The van der Waals surface area contributed by atoms with Crippen LogP contribution in [0.2, 0.25) is 0 Å². The average Bonchev–Trinajstić information content (AvgIpc) is 2.65. The molecule has 2 rings (SSSR count). The smallest absolute Gasteiger partial charge is 0.315 e. The minimum absolute atomic E-state index is 0.0772. The van der Waals surface area contributed by atoms with Crippen LogP contribution in [0.1, 0.15) is 22.3 Å². The van der Waals surface area contributed by atoms with Gasteiger partial charge in [-0.05, 0) is 23.6 Å². The Balaban J connectivity index is 1.69. The summed E-state index contributed by atoms with van der Waals surface area (Å²) in [6.07, 6.45) is 0. The van der Waals surface area contributed by atoms with Gasteiger partial charge in [-0.15, -0.1) is 0 Å². The Bertz CT molecular complexity index is 729. The van der Waals surface area contributed by atoms with Gasteiger partial charge in [0.1, 0.15) is 0 Å². The molecule has 0 radical (unpaired) electrons. The summed E-state index contributed by atoms with van der Waals surface area (Å²) < 4.78 is 5.15. The average molecular weight is 355 g/mol. The number of aryl methyl sites for hydroxylation is 1. The van der Waals surface area contributed by atoms with Crippen molar-refractivity contribution in [3.63, 3.8) is 0 Å². The fourth-order valence-electron chi connectivity index (χ4n) is 2.39. The number of ether oxygens (including phenoxy) is 1. The molecule has 0 heterocycles. The van der Waals surface area contributed by atoms with Gasteiger partial charge in [0.2, 0.25) is 5.91 Å². The van der Waals surface area contributed by atoms with Crippen LogP contribution >= 0.6 is 0 Å². The topological polar surface area (TPSA) is 79.5 Å². The standard InChI is InChI=1S/C20H25N3O3/c1-15-7-9-16(10-8-15)11-22-20(25)23-13-19(24)21-12-17-5-3-4-6-18(17)14-26-2/h3-10H,11-14H2,1-2H3,(H,21,24)(H2,22,23,25). The van der Waals surface area contributed by atoms with Crippen molar-refractivity contribution in [3.8, 4) is 0 Å². The van der Waals surface area contributed by atoms with Crippen LogP contribution in [0.3, 0.4) is 0 Å². The summed E-state index contributed by atoms with van der Waals surface area (Å²) in [7, 11) is 1.63. The fraction of sp³-hybridized carbons (Fsp3) is 0.300. The molecule has 0 saturated heterocycles. The van der Waals surface area contributed by atoms with Crippen molar-refractivity contribution in [2.45, 2.75) is 26.6 Å². The molecule has 2 aromatic rings. The summed E-state index contributed by atoms with van der Waals surface area (Å²) in [5, 5.41) is 8.08. The largest absolute Gasteiger partial charge is 0.380 e. The van der Waals surface area contributed by atoms with Crippen molar-refractivity contribution in [2.75, 3.05) is 13.7 Å². The Morgan fingerprint density at radius 2 is 1.58 bits per heavy atom. The van der Waals surface area contributed by atoms with E-state index in [1.165, 1.54) is 5.56 Å². The molecule has 0 aromatic heterocycles. The Morgan fingerprint density at radius 1 is 0.885 bits per heavy atom. The number of methoxy groups -OCH3 is 1. The second-order valence-electron chi connectivity index (χ2n) is 6.00. The van der Waals surface area contributed by atoms with E-state index in [0.717, 1.165) is 16.7 Å². The van der Waals surface area contributed by atoms with Crippen LogP contribution in [0, 0.1) is 6.92 Å². The molecule has 0 unspecified atom stereocenters. The van der Waals surface area contributed by atoms with Crippen LogP contribution in [0.15, 0.2) is 48.5 Å². The zero-order valence-corrected chi connectivity index (χ0v) is 15.2. The normalized spacial score (nSPS) is 10.2. The molecule has 2 aromatic carbocycles. The van der Waals surface area contributed by atoms with Crippen molar-refractivity contribution in [1.82, 2.24) is 16.0 Å². The van der Waals surface area contributed by atoms with Gasteiger partial charge in [0.05, 0.1) is 13.2 Å². The summed E-state index contributed by atoms with van der Waals surface area (Å²) in [6, 6.07) is 15.3. The van der Waals surface area contributed by atoms with Gasteiger partial charge < -0.3 is 20.7 Å². The van der Waals surface area contributed by atoms with E-state index in [4.69, 9.17) is 4.74 Å². The molecule has 0 aliphatic heterocycles.